The van der Waals surface area contributed by atoms with Crippen LogP contribution in [0.5, 0.6) is 0 Å². The number of hydrogen-bond acceptors (Lipinski definition) is 2. The summed E-state index contributed by atoms with van der Waals surface area (Å²) in [6.45, 7) is 3.18. The molecule has 1 saturated heterocycles. The minimum atomic E-state index is 0. The van der Waals surface area contributed by atoms with Crippen molar-refractivity contribution in [2.45, 2.75) is 64.2 Å². The first-order valence-corrected chi connectivity index (χ1v) is 8.32. The molecule has 1 heterocycles. The summed E-state index contributed by atoms with van der Waals surface area (Å²) in [4.78, 5) is 11.7. The molecule has 2 N–H and O–H groups in total. The van der Waals surface area contributed by atoms with Gasteiger partial charge < -0.3 is 10.6 Å². The zero-order valence-electron chi connectivity index (χ0n) is 12.7. The van der Waals surface area contributed by atoms with Gasteiger partial charge in [0.25, 0.3) is 0 Å². The van der Waals surface area contributed by atoms with Gasteiger partial charge >= 0.3 is 0 Å². The zero-order chi connectivity index (χ0) is 13.3. The van der Waals surface area contributed by atoms with Crippen LogP contribution in [0.15, 0.2) is 0 Å². The Morgan fingerprint density at radius 3 is 2.50 bits per heavy atom. The number of rotatable bonds is 7. The first-order chi connectivity index (χ1) is 9.34. The number of nitrogens with one attached hydrogen (secondary N) is 2. The second-order valence-electron chi connectivity index (χ2n) is 6.39. The monoisotopic (exact) mass is 302 g/mol. The third-order valence-corrected chi connectivity index (χ3v) is 4.76. The molecule has 1 aliphatic carbocycles. The lowest BCUT2D eigenvalue weighted by Crippen LogP contribution is -2.33. The Labute approximate surface area is 130 Å². The van der Waals surface area contributed by atoms with Gasteiger partial charge in [-0.2, -0.15) is 0 Å². The van der Waals surface area contributed by atoms with Crippen LogP contribution in [0.3, 0.4) is 0 Å². The Bertz CT molecular complexity index is 261. The molecule has 0 bridgehead atoms. The van der Waals surface area contributed by atoms with Crippen molar-refractivity contribution in [3.05, 3.63) is 0 Å². The Morgan fingerprint density at radius 2 is 1.80 bits per heavy atom. The molecule has 20 heavy (non-hydrogen) atoms. The van der Waals surface area contributed by atoms with E-state index in [1.165, 1.54) is 51.5 Å². The summed E-state index contributed by atoms with van der Waals surface area (Å²) in [7, 11) is 0. The molecule has 0 aromatic rings. The molecule has 1 aliphatic heterocycles. The molecule has 2 fully saturated rings. The molecule has 3 nitrogen and oxygen atoms in total. The summed E-state index contributed by atoms with van der Waals surface area (Å²) in [5, 5.41) is 6.51. The quantitative estimate of drug-likeness (QED) is 0.758. The summed E-state index contributed by atoms with van der Waals surface area (Å²) in [5.74, 6) is 1.95. The summed E-state index contributed by atoms with van der Waals surface area (Å²) >= 11 is 0. The first-order valence-electron chi connectivity index (χ1n) is 8.32. The molecule has 0 aromatic carbocycles. The topological polar surface area (TPSA) is 41.1 Å². The van der Waals surface area contributed by atoms with E-state index in [0.29, 0.717) is 0 Å². The van der Waals surface area contributed by atoms with Crippen molar-refractivity contribution in [1.29, 1.82) is 0 Å². The van der Waals surface area contributed by atoms with Crippen LogP contribution < -0.4 is 10.6 Å². The first kappa shape index (κ1) is 17.8. The maximum absolute atomic E-state index is 11.7. The fourth-order valence-electron chi connectivity index (χ4n) is 3.52. The van der Waals surface area contributed by atoms with Gasteiger partial charge in [0.15, 0.2) is 0 Å². The number of halogens is 1. The van der Waals surface area contributed by atoms with Crippen molar-refractivity contribution in [3.63, 3.8) is 0 Å². The van der Waals surface area contributed by atoms with Crippen molar-refractivity contribution >= 4 is 18.3 Å². The molecular weight excluding hydrogens is 272 g/mol. The van der Waals surface area contributed by atoms with E-state index in [1.54, 1.807) is 0 Å². The number of hydrogen-bond donors (Lipinski definition) is 2. The van der Waals surface area contributed by atoms with Gasteiger partial charge in [0.1, 0.15) is 0 Å². The molecule has 1 amide bonds. The predicted molar refractivity (Wildman–Crippen MR) is 86.3 cm³/mol. The minimum absolute atomic E-state index is 0. The molecular formula is C16H31ClN2O. The third-order valence-electron chi connectivity index (χ3n) is 4.76. The maximum Gasteiger partial charge on any atom is 0.219 e. The average molecular weight is 303 g/mol. The van der Waals surface area contributed by atoms with E-state index < -0.39 is 0 Å². The third kappa shape index (κ3) is 6.94. The summed E-state index contributed by atoms with van der Waals surface area (Å²) < 4.78 is 0. The highest BCUT2D eigenvalue weighted by Crippen LogP contribution is 2.28. The molecule has 0 aromatic heterocycles. The van der Waals surface area contributed by atoms with Gasteiger partial charge in [-0.05, 0) is 57.0 Å². The van der Waals surface area contributed by atoms with E-state index in [0.717, 1.165) is 44.2 Å². The molecule has 0 spiro atoms. The van der Waals surface area contributed by atoms with Crippen LogP contribution in [-0.2, 0) is 4.79 Å². The standard InChI is InChI=1S/C16H30N2O.ClH/c19-16(9-3-7-14-5-1-2-6-14)18-12-10-15-8-4-11-17-13-15;/h14-15,17H,1-13H2,(H,18,19);1H. The van der Waals surface area contributed by atoms with Crippen molar-refractivity contribution in [2.75, 3.05) is 19.6 Å². The average Bonchev–Trinajstić information content (AvgIpc) is 2.93. The molecule has 1 saturated carbocycles. The zero-order valence-corrected chi connectivity index (χ0v) is 13.5. The maximum atomic E-state index is 11.7. The van der Waals surface area contributed by atoms with E-state index >= 15 is 0 Å². The number of piperidine rings is 1. The fourth-order valence-corrected chi connectivity index (χ4v) is 3.52. The molecule has 0 radical (unpaired) electrons. The number of amides is 1. The van der Waals surface area contributed by atoms with Gasteiger partial charge in [-0.15, -0.1) is 12.4 Å². The van der Waals surface area contributed by atoms with Crippen LogP contribution in [0, 0.1) is 11.8 Å². The second kappa shape index (κ2) is 10.4. The van der Waals surface area contributed by atoms with E-state index in [4.69, 9.17) is 0 Å². The number of carbonyl (C=O) groups excluding carboxylic acids is 1. The predicted octanol–water partition coefficient (Wildman–Crippen LogP) is 3.27. The molecule has 1 unspecified atom stereocenters. The lowest BCUT2D eigenvalue weighted by Gasteiger charge is -2.22. The molecule has 1 atom stereocenters. The van der Waals surface area contributed by atoms with Crippen LogP contribution in [0.25, 0.3) is 0 Å². The number of carbonyl (C=O) groups is 1. The van der Waals surface area contributed by atoms with Gasteiger partial charge in [-0.25, -0.2) is 0 Å². The highest BCUT2D eigenvalue weighted by Gasteiger charge is 2.15. The van der Waals surface area contributed by atoms with E-state index in [-0.39, 0.29) is 18.3 Å². The van der Waals surface area contributed by atoms with Crippen molar-refractivity contribution < 1.29 is 4.79 Å². The lowest BCUT2D eigenvalue weighted by atomic mass is 9.96. The Kier molecular flexibility index (Phi) is 9.28. The summed E-state index contributed by atoms with van der Waals surface area (Å²) in [6, 6.07) is 0. The SMILES string of the molecule is Cl.O=C(CCCC1CCCC1)NCCC1CCCNC1. The second-order valence-corrected chi connectivity index (χ2v) is 6.39. The van der Waals surface area contributed by atoms with Crippen LogP contribution >= 0.6 is 12.4 Å². The Morgan fingerprint density at radius 1 is 1.05 bits per heavy atom. The van der Waals surface area contributed by atoms with Crippen LogP contribution in [0.1, 0.15) is 64.2 Å². The van der Waals surface area contributed by atoms with Crippen molar-refractivity contribution in [1.82, 2.24) is 10.6 Å². The fraction of sp³-hybridized carbons (Fsp3) is 0.938. The smallest absolute Gasteiger partial charge is 0.219 e. The largest absolute Gasteiger partial charge is 0.356 e. The highest BCUT2D eigenvalue weighted by atomic mass is 35.5. The van der Waals surface area contributed by atoms with Gasteiger partial charge in [0, 0.05) is 13.0 Å². The van der Waals surface area contributed by atoms with E-state index in [9.17, 15) is 4.79 Å². The van der Waals surface area contributed by atoms with Gasteiger partial charge in [0.2, 0.25) is 5.91 Å². The minimum Gasteiger partial charge on any atom is -0.356 e. The lowest BCUT2D eigenvalue weighted by molar-refractivity contribution is -0.121. The molecule has 2 rings (SSSR count). The Hall–Kier alpha value is -0.280. The van der Waals surface area contributed by atoms with Crippen LogP contribution in [0.4, 0.5) is 0 Å². The summed E-state index contributed by atoms with van der Waals surface area (Å²) in [6.07, 6.45) is 12.5. The molecule has 2 aliphatic rings. The normalized spacial score (nSPS) is 23.3. The van der Waals surface area contributed by atoms with Gasteiger partial charge in [0.05, 0.1) is 0 Å². The van der Waals surface area contributed by atoms with Crippen molar-refractivity contribution in [3.8, 4) is 0 Å². The highest BCUT2D eigenvalue weighted by molar-refractivity contribution is 5.85. The van der Waals surface area contributed by atoms with E-state index in [1.807, 2.05) is 0 Å². The Balaban J connectivity index is 0.00000200. The van der Waals surface area contributed by atoms with E-state index in [2.05, 4.69) is 10.6 Å². The van der Waals surface area contributed by atoms with Crippen LogP contribution in [0.2, 0.25) is 0 Å². The summed E-state index contributed by atoms with van der Waals surface area (Å²) in [5.41, 5.74) is 0. The molecule has 118 valence electrons. The molecule has 4 heteroatoms. The van der Waals surface area contributed by atoms with Gasteiger partial charge in [-0.3, -0.25) is 4.79 Å². The van der Waals surface area contributed by atoms with Crippen molar-refractivity contribution in [2.24, 2.45) is 11.8 Å². The van der Waals surface area contributed by atoms with Crippen LogP contribution in [-0.4, -0.2) is 25.5 Å². The van der Waals surface area contributed by atoms with Gasteiger partial charge in [-0.1, -0.05) is 25.7 Å².